The number of hydrogen-bond acceptors (Lipinski definition) is 5. The maximum absolute atomic E-state index is 14.0. The number of methoxy groups -OCH3 is 1. The Balaban J connectivity index is 2.07. The summed E-state index contributed by atoms with van der Waals surface area (Å²) in [6.07, 6.45) is 0.329. The van der Waals surface area contributed by atoms with Crippen molar-refractivity contribution in [2.75, 3.05) is 13.7 Å². The Bertz CT molecular complexity index is 855. The second-order valence-corrected chi connectivity index (χ2v) is 8.53. The van der Waals surface area contributed by atoms with Crippen LogP contribution in [0.2, 0.25) is 0 Å². The van der Waals surface area contributed by atoms with Crippen LogP contribution in [0.5, 0.6) is 5.75 Å². The number of fused-ring (bicyclic) bond motifs is 1. The summed E-state index contributed by atoms with van der Waals surface area (Å²) in [5.74, 6) is 0.0217. The molecule has 2 aromatic rings. The summed E-state index contributed by atoms with van der Waals surface area (Å²) in [4.78, 5) is 12.4. The largest absolute Gasteiger partial charge is 0.497 e. The van der Waals surface area contributed by atoms with Gasteiger partial charge in [0.15, 0.2) is 0 Å². The summed E-state index contributed by atoms with van der Waals surface area (Å²) in [6, 6.07) is 13.6. The highest BCUT2D eigenvalue weighted by Crippen LogP contribution is 2.53. The first-order valence-electron chi connectivity index (χ1n) is 8.70. The van der Waals surface area contributed by atoms with E-state index in [1.54, 1.807) is 48.4 Å². The number of carbonyl (C=O) groups excluding carboxylic acids is 1. The Morgan fingerprint density at radius 3 is 2.48 bits per heavy atom. The van der Waals surface area contributed by atoms with Gasteiger partial charge in [-0.1, -0.05) is 24.3 Å². The minimum atomic E-state index is -3.55. The van der Waals surface area contributed by atoms with Gasteiger partial charge in [0.2, 0.25) is 0 Å². The summed E-state index contributed by atoms with van der Waals surface area (Å²) >= 11 is 0. The summed E-state index contributed by atoms with van der Waals surface area (Å²) < 4.78 is 26.5. The van der Waals surface area contributed by atoms with Gasteiger partial charge in [0, 0.05) is 6.54 Å². The summed E-state index contributed by atoms with van der Waals surface area (Å²) in [5.41, 5.74) is 3.67. The molecule has 0 radical (unpaired) electrons. The zero-order chi connectivity index (χ0) is 19.4. The van der Waals surface area contributed by atoms with Crippen molar-refractivity contribution >= 4 is 18.7 Å². The van der Waals surface area contributed by atoms with Crippen LogP contribution in [0.4, 0.5) is 0 Å². The minimum absolute atomic E-state index is 0.217. The molecule has 0 bridgehead atoms. The minimum Gasteiger partial charge on any atom is -0.497 e. The molecule has 1 aliphatic heterocycles. The Kier molecular flexibility index (Phi) is 5.97. The second-order valence-electron chi connectivity index (χ2n) is 6.20. The highest BCUT2D eigenvalue weighted by Gasteiger charge is 2.44. The molecular formula is C19H23N2O5P. The molecule has 0 aliphatic carbocycles. The fraction of sp³-hybridized carbons (Fsp3) is 0.316. The lowest BCUT2D eigenvalue weighted by atomic mass is 9.95. The van der Waals surface area contributed by atoms with Gasteiger partial charge in [-0.05, 0) is 48.7 Å². The molecule has 144 valence electrons. The Labute approximate surface area is 158 Å². The van der Waals surface area contributed by atoms with Crippen LogP contribution in [0.3, 0.4) is 0 Å². The van der Waals surface area contributed by atoms with Crippen LogP contribution < -0.4 is 15.5 Å². The van der Waals surface area contributed by atoms with Crippen molar-refractivity contribution in [3.63, 3.8) is 0 Å². The van der Waals surface area contributed by atoms with E-state index < -0.39 is 19.5 Å². The Hall–Kier alpha value is -2.18. The van der Waals surface area contributed by atoms with Crippen molar-refractivity contribution < 1.29 is 23.8 Å². The van der Waals surface area contributed by atoms with E-state index in [1.165, 1.54) is 0 Å². The molecule has 2 N–H and O–H groups in total. The number of rotatable bonds is 6. The summed E-state index contributed by atoms with van der Waals surface area (Å²) in [7, 11) is -1.99. The van der Waals surface area contributed by atoms with E-state index in [0.29, 0.717) is 17.5 Å². The molecule has 2 atom stereocenters. The number of nitrogens with one attached hydrogen (secondary N) is 1. The van der Waals surface area contributed by atoms with Crippen molar-refractivity contribution in [3.8, 4) is 5.75 Å². The van der Waals surface area contributed by atoms with E-state index in [-0.39, 0.29) is 13.2 Å². The van der Waals surface area contributed by atoms with Crippen LogP contribution in [-0.4, -0.2) is 35.5 Å². The molecule has 0 saturated carbocycles. The molecule has 0 aromatic heterocycles. The Morgan fingerprint density at radius 1 is 1.22 bits per heavy atom. The van der Waals surface area contributed by atoms with Gasteiger partial charge in [0.1, 0.15) is 11.8 Å². The SMILES string of the molecule is CCO[P@](=O)(c1ccc(OC)cc1)N1Cc2ccccc2C[C@@H]1C(=O)NO. The van der Waals surface area contributed by atoms with Crippen LogP contribution >= 0.6 is 7.52 Å². The summed E-state index contributed by atoms with van der Waals surface area (Å²) in [6.45, 7) is 2.25. The normalized spacial score (nSPS) is 19.0. The molecule has 2 aromatic carbocycles. The van der Waals surface area contributed by atoms with Crippen molar-refractivity contribution in [3.05, 3.63) is 59.7 Å². The van der Waals surface area contributed by atoms with Gasteiger partial charge in [-0.15, -0.1) is 0 Å². The van der Waals surface area contributed by atoms with Crippen molar-refractivity contribution in [1.29, 1.82) is 0 Å². The highest BCUT2D eigenvalue weighted by molar-refractivity contribution is 7.64. The number of ether oxygens (including phenoxy) is 1. The zero-order valence-corrected chi connectivity index (χ0v) is 16.2. The first-order valence-corrected chi connectivity index (χ1v) is 10.3. The molecule has 0 unspecified atom stereocenters. The lowest BCUT2D eigenvalue weighted by molar-refractivity contribution is -0.133. The lowest BCUT2D eigenvalue weighted by Crippen LogP contribution is -2.49. The predicted octanol–water partition coefficient (Wildman–Crippen LogP) is 2.48. The van der Waals surface area contributed by atoms with E-state index in [2.05, 4.69) is 0 Å². The van der Waals surface area contributed by atoms with Gasteiger partial charge in [0.05, 0.1) is 19.0 Å². The molecule has 1 aliphatic rings. The van der Waals surface area contributed by atoms with Gasteiger partial charge in [-0.25, -0.2) is 10.2 Å². The molecule has 27 heavy (non-hydrogen) atoms. The first kappa shape index (κ1) is 19.6. The fourth-order valence-corrected chi connectivity index (χ4v) is 5.69. The molecule has 1 amide bonds. The van der Waals surface area contributed by atoms with Crippen LogP contribution in [0.1, 0.15) is 18.1 Å². The van der Waals surface area contributed by atoms with Gasteiger partial charge in [0.25, 0.3) is 5.91 Å². The molecule has 0 saturated heterocycles. The highest BCUT2D eigenvalue weighted by atomic mass is 31.2. The predicted molar refractivity (Wildman–Crippen MR) is 101 cm³/mol. The van der Waals surface area contributed by atoms with E-state index in [9.17, 15) is 14.6 Å². The van der Waals surface area contributed by atoms with Gasteiger partial charge < -0.3 is 9.26 Å². The average Bonchev–Trinajstić information content (AvgIpc) is 2.72. The number of hydroxylamine groups is 1. The molecular weight excluding hydrogens is 367 g/mol. The van der Waals surface area contributed by atoms with E-state index in [1.807, 2.05) is 24.3 Å². The third kappa shape index (κ3) is 3.77. The molecule has 0 spiro atoms. The van der Waals surface area contributed by atoms with Crippen LogP contribution in [0, 0.1) is 0 Å². The van der Waals surface area contributed by atoms with Crippen LogP contribution in [0.25, 0.3) is 0 Å². The topological polar surface area (TPSA) is 88.1 Å². The Morgan fingerprint density at radius 2 is 1.89 bits per heavy atom. The quantitative estimate of drug-likeness (QED) is 0.448. The number of nitrogens with zero attached hydrogens (tertiary/aromatic N) is 1. The fourth-order valence-electron chi connectivity index (χ4n) is 3.33. The number of hydrogen-bond donors (Lipinski definition) is 2. The third-order valence-electron chi connectivity index (χ3n) is 4.68. The van der Waals surface area contributed by atoms with Gasteiger partial charge in [-0.3, -0.25) is 14.6 Å². The maximum Gasteiger partial charge on any atom is 0.303 e. The van der Waals surface area contributed by atoms with Crippen molar-refractivity contribution in [1.82, 2.24) is 10.2 Å². The van der Waals surface area contributed by atoms with Gasteiger partial charge >= 0.3 is 7.52 Å². The van der Waals surface area contributed by atoms with Crippen molar-refractivity contribution in [2.45, 2.75) is 25.9 Å². The molecule has 1 heterocycles. The lowest BCUT2D eigenvalue weighted by Gasteiger charge is -2.39. The van der Waals surface area contributed by atoms with E-state index >= 15 is 0 Å². The molecule has 0 fully saturated rings. The maximum atomic E-state index is 14.0. The van der Waals surface area contributed by atoms with E-state index in [0.717, 1.165) is 11.1 Å². The number of benzene rings is 2. The first-order chi connectivity index (χ1) is 13.0. The molecule has 7 nitrogen and oxygen atoms in total. The van der Waals surface area contributed by atoms with Crippen molar-refractivity contribution in [2.24, 2.45) is 0 Å². The standard InChI is InChI=1S/C19H23N2O5P/c1-3-26-27(24,17-10-8-16(25-2)9-11-17)21-13-15-7-5-4-6-14(15)12-18(21)19(22)20-23/h4-11,18,23H,3,12-13H2,1-2H3,(H,20,22)/t18-,27-/m1/s1. The van der Waals surface area contributed by atoms with Crippen LogP contribution in [0.15, 0.2) is 48.5 Å². The van der Waals surface area contributed by atoms with Crippen LogP contribution in [-0.2, 0) is 26.8 Å². The number of amides is 1. The summed E-state index contributed by atoms with van der Waals surface area (Å²) in [5, 5.41) is 9.69. The smallest absolute Gasteiger partial charge is 0.303 e. The second kappa shape index (κ2) is 8.23. The zero-order valence-electron chi connectivity index (χ0n) is 15.3. The van der Waals surface area contributed by atoms with E-state index in [4.69, 9.17) is 9.26 Å². The number of carbonyl (C=O) groups is 1. The third-order valence-corrected chi connectivity index (χ3v) is 7.33. The molecule has 3 rings (SSSR count). The average molecular weight is 390 g/mol. The molecule has 8 heteroatoms. The monoisotopic (exact) mass is 390 g/mol. The van der Waals surface area contributed by atoms with Gasteiger partial charge in [-0.2, -0.15) is 0 Å².